The van der Waals surface area contributed by atoms with Gasteiger partial charge in [0.25, 0.3) is 5.91 Å². The second-order valence-corrected chi connectivity index (χ2v) is 12.8. The largest absolute Gasteiger partial charge is 0.475 e. The van der Waals surface area contributed by atoms with E-state index in [0.29, 0.717) is 6.54 Å². The van der Waals surface area contributed by atoms with Crippen molar-refractivity contribution in [1.82, 2.24) is 10.6 Å². The zero-order valence-electron chi connectivity index (χ0n) is 18.7. The number of hydrogen-bond acceptors (Lipinski definition) is 5. The second kappa shape index (κ2) is 9.33. The van der Waals surface area contributed by atoms with Crippen LogP contribution in [0.25, 0.3) is 0 Å². The fourth-order valence-electron chi connectivity index (χ4n) is 6.35. The Morgan fingerprint density at radius 3 is 2.33 bits per heavy atom. The molecule has 4 saturated carbocycles. The first-order valence-electron chi connectivity index (χ1n) is 11.5. The molecule has 0 saturated heterocycles. The van der Waals surface area contributed by atoms with Crippen molar-refractivity contribution in [3.8, 4) is 5.75 Å². The summed E-state index contributed by atoms with van der Waals surface area (Å²) in [6.07, 6.45) is 6.27. The number of halogens is 1. The minimum absolute atomic E-state index is 0.192. The first-order valence-corrected chi connectivity index (χ1v) is 13.6. The Morgan fingerprint density at radius 2 is 1.76 bits per heavy atom. The average Bonchev–Trinajstić information content (AvgIpc) is 2.72. The number of hydrogen-bond donors (Lipinski definition) is 3. The first-order chi connectivity index (χ1) is 15.6. The lowest BCUT2D eigenvalue weighted by atomic mass is 9.49. The molecule has 0 spiro atoms. The van der Waals surface area contributed by atoms with E-state index >= 15 is 0 Å². The van der Waals surface area contributed by atoms with Crippen LogP contribution in [0.15, 0.2) is 18.2 Å². The third kappa shape index (κ3) is 5.57. The van der Waals surface area contributed by atoms with Gasteiger partial charge in [-0.3, -0.25) is 4.79 Å². The van der Waals surface area contributed by atoms with Gasteiger partial charge in [-0.1, -0.05) is 11.6 Å². The Kier molecular flexibility index (Phi) is 6.82. The highest BCUT2D eigenvalue weighted by molar-refractivity contribution is 7.91. The molecule has 0 aliphatic heterocycles. The van der Waals surface area contributed by atoms with E-state index in [4.69, 9.17) is 21.4 Å². The summed E-state index contributed by atoms with van der Waals surface area (Å²) in [6, 6.07) is 4.49. The molecule has 4 aliphatic carbocycles. The lowest BCUT2D eigenvalue weighted by molar-refractivity contribution is -0.0503. The quantitative estimate of drug-likeness (QED) is 0.477. The Bertz CT molecular complexity index is 992. The van der Waals surface area contributed by atoms with E-state index in [1.807, 2.05) is 5.32 Å². The van der Waals surface area contributed by atoms with E-state index < -0.39 is 27.1 Å². The molecule has 1 atom stereocenters. The standard InChI is InChI=1S/C23H31ClN2O6S/c1-14(33(30,31)5-4-25-22(28)29)32-18-2-3-20(24)19(9-18)21(27)26-13-23-10-15-6-16(11-23)8-17(7-15)12-23/h2-3,9,14-17,25H,4-8,10-13H2,1H3,(H,26,27)(H,28,29). The van der Waals surface area contributed by atoms with Crippen LogP contribution in [0.5, 0.6) is 5.75 Å². The zero-order chi connectivity index (χ0) is 23.8. The number of nitrogens with one attached hydrogen (secondary N) is 2. The molecule has 4 fully saturated rings. The molecule has 3 N–H and O–H groups in total. The molecule has 4 bridgehead atoms. The fraction of sp³-hybridized carbons (Fsp3) is 0.652. The van der Waals surface area contributed by atoms with Gasteiger partial charge in [-0.15, -0.1) is 0 Å². The van der Waals surface area contributed by atoms with Crippen LogP contribution in [0.3, 0.4) is 0 Å². The van der Waals surface area contributed by atoms with Crippen molar-refractivity contribution < 1.29 is 27.9 Å². The van der Waals surface area contributed by atoms with Crippen LogP contribution in [0.2, 0.25) is 5.02 Å². The number of carbonyl (C=O) groups excluding carboxylic acids is 1. The number of sulfone groups is 1. The average molecular weight is 499 g/mol. The number of amides is 2. The maximum atomic E-state index is 13.0. The summed E-state index contributed by atoms with van der Waals surface area (Å²) in [6.45, 7) is 1.78. The molecule has 1 unspecified atom stereocenters. The lowest BCUT2D eigenvalue weighted by Crippen LogP contribution is -2.51. The van der Waals surface area contributed by atoms with Gasteiger partial charge in [0.05, 0.1) is 16.3 Å². The summed E-state index contributed by atoms with van der Waals surface area (Å²) in [5.74, 6) is 1.91. The van der Waals surface area contributed by atoms with Crippen molar-refractivity contribution >= 4 is 33.4 Å². The van der Waals surface area contributed by atoms with Crippen molar-refractivity contribution in [2.45, 2.75) is 50.9 Å². The van der Waals surface area contributed by atoms with Crippen molar-refractivity contribution in [2.75, 3.05) is 18.8 Å². The van der Waals surface area contributed by atoms with Gasteiger partial charge in [0, 0.05) is 13.1 Å². The van der Waals surface area contributed by atoms with Crippen molar-refractivity contribution in [3.05, 3.63) is 28.8 Å². The van der Waals surface area contributed by atoms with Crippen LogP contribution in [-0.4, -0.2) is 49.8 Å². The molecule has 4 aliphatic rings. The van der Waals surface area contributed by atoms with Gasteiger partial charge < -0.3 is 20.5 Å². The number of carbonyl (C=O) groups is 2. The fourth-order valence-corrected chi connectivity index (χ4v) is 7.53. The molecule has 5 rings (SSSR count). The highest BCUT2D eigenvalue weighted by atomic mass is 35.5. The molecule has 2 amide bonds. The minimum atomic E-state index is -3.72. The third-order valence-corrected chi connectivity index (χ3v) is 9.65. The normalized spacial score (nSPS) is 28.8. The van der Waals surface area contributed by atoms with Gasteiger partial charge >= 0.3 is 6.09 Å². The van der Waals surface area contributed by atoms with Crippen molar-refractivity contribution in [2.24, 2.45) is 23.2 Å². The molecule has 8 nitrogen and oxygen atoms in total. The van der Waals surface area contributed by atoms with Crippen LogP contribution in [-0.2, 0) is 9.84 Å². The molecular weight excluding hydrogens is 468 g/mol. The van der Waals surface area contributed by atoms with E-state index in [1.165, 1.54) is 63.6 Å². The molecule has 182 valence electrons. The van der Waals surface area contributed by atoms with Gasteiger partial charge in [0.1, 0.15) is 5.75 Å². The molecule has 0 heterocycles. The summed E-state index contributed by atoms with van der Waals surface area (Å²) in [4.78, 5) is 23.5. The predicted octanol–water partition coefficient (Wildman–Crippen LogP) is 3.69. The summed E-state index contributed by atoms with van der Waals surface area (Å²) in [7, 11) is -3.72. The van der Waals surface area contributed by atoms with Crippen LogP contribution in [0, 0.1) is 23.2 Å². The lowest BCUT2D eigenvalue weighted by Gasteiger charge is -2.56. The maximum Gasteiger partial charge on any atom is 0.404 e. The van der Waals surface area contributed by atoms with Gasteiger partial charge in [0.15, 0.2) is 15.3 Å². The minimum Gasteiger partial charge on any atom is -0.475 e. The SMILES string of the molecule is CC(Oc1ccc(Cl)c(C(=O)NCC23CC4CC(CC(C4)C2)C3)c1)S(=O)(=O)CCNC(=O)O. The van der Waals surface area contributed by atoms with Gasteiger partial charge in [-0.25, -0.2) is 13.2 Å². The van der Waals surface area contributed by atoms with E-state index in [9.17, 15) is 18.0 Å². The zero-order valence-corrected chi connectivity index (χ0v) is 20.3. The summed E-state index contributed by atoms with van der Waals surface area (Å²) in [5, 5.41) is 14.0. The first kappa shape index (κ1) is 24.1. The molecule has 10 heteroatoms. The predicted molar refractivity (Wildman–Crippen MR) is 124 cm³/mol. The Hall–Kier alpha value is -2.00. The maximum absolute atomic E-state index is 13.0. The molecule has 1 aromatic rings. The number of benzene rings is 1. The van der Waals surface area contributed by atoms with Crippen LogP contribution in [0.1, 0.15) is 55.8 Å². The number of rotatable bonds is 9. The molecule has 1 aromatic carbocycles. The summed E-state index contributed by atoms with van der Waals surface area (Å²) < 4.78 is 30.3. The molecule has 0 radical (unpaired) electrons. The van der Waals surface area contributed by atoms with E-state index in [0.717, 1.165) is 17.8 Å². The molecule has 33 heavy (non-hydrogen) atoms. The second-order valence-electron chi connectivity index (χ2n) is 10.0. The summed E-state index contributed by atoms with van der Waals surface area (Å²) in [5.41, 5.74) is -0.773. The third-order valence-electron chi connectivity index (χ3n) is 7.44. The van der Waals surface area contributed by atoms with Gasteiger partial charge in [-0.2, -0.15) is 0 Å². The Morgan fingerprint density at radius 1 is 1.15 bits per heavy atom. The number of carboxylic acid groups (broad SMARTS) is 1. The Labute approximate surface area is 199 Å². The van der Waals surface area contributed by atoms with Crippen LogP contribution >= 0.6 is 11.6 Å². The Balaban J connectivity index is 1.37. The highest BCUT2D eigenvalue weighted by Crippen LogP contribution is 2.59. The van der Waals surface area contributed by atoms with E-state index in [2.05, 4.69) is 5.32 Å². The molecule has 0 aromatic heterocycles. The van der Waals surface area contributed by atoms with Crippen molar-refractivity contribution in [1.29, 1.82) is 0 Å². The monoisotopic (exact) mass is 498 g/mol. The van der Waals surface area contributed by atoms with Crippen LogP contribution < -0.4 is 15.4 Å². The highest BCUT2D eigenvalue weighted by Gasteiger charge is 2.50. The van der Waals surface area contributed by atoms with Crippen LogP contribution in [0.4, 0.5) is 4.79 Å². The van der Waals surface area contributed by atoms with E-state index in [1.54, 1.807) is 0 Å². The smallest absolute Gasteiger partial charge is 0.404 e. The number of ether oxygens (including phenoxy) is 1. The van der Waals surface area contributed by atoms with Gasteiger partial charge in [0.2, 0.25) is 0 Å². The van der Waals surface area contributed by atoms with Gasteiger partial charge in [-0.05, 0) is 86.8 Å². The topological polar surface area (TPSA) is 122 Å². The molecular formula is C23H31ClN2O6S. The van der Waals surface area contributed by atoms with Crippen molar-refractivity contribution in [3.63, 3.8) is 0 Å². The van der Waals surface area contributed by atoms with E-state index in [-0.39, 0.29) is 34.2 Å². The summed E-state index contributed by atoms with van der Waals surface area (Å²) >= 11 is 6.27.